The van der Waals surface area contributed by atoms with Crippen molar-refractivity contribution in [3.63, 3.8) is 0 Å². The Morgan fingerprint density at radius 2 is 2.21 bits per heavy atom. The fourth-order valence-electron chi connectivity index (χ4n) is 3.34. The zero-order chi connectivity index (χ0) is 13.2. The summed E-state index contributed by atoms with van der Waals surface area (Å²) in [7, 11) is 0. The van der Waals surface area contributed by atoms with Crippen molar-refractivity contribution in [1.29, 1.82) is 0 Å². The van der Waals surface area contributed by atoms with E-state index in [4.69, 9.17) is 5.73 Å². The first kappa shape index (κ1) is 13.4. The van der Waals surface area contributed by atoms with E-state index in [9.17, 15) is 4.39 Å². The molecule has 0 radical (unpaired) electrons. The standard InChI is InChI=1S/C15H21FN2S/c16-11-4-5-15-12(8-11)14(6-7-19-15)18-13-3-1-2-10(13)9-17/h4-5,8,10,13-14,18H,1-3,6-7,9,17H2. The second kappa shape index (κ2) is 5.81. The summed E-state index contributed by atoms with van der Waals surface area (Å²) in [6.07, 6.45) is 4.77. The Bertz CT molecular complexity index is 452. The molecule has 2 aliphatic rings. The summed E-state index contributed by atoms with van der Waals surface area (Å²) < 4.78 is 13.5. The quantitative estimate of drug-likeness (QED) is 0.893. The second-order valence-electron chi connectivity index (χ2n) is 5.57. The van der Waals surface area contributed by atoms with E-state index in [2.05, 4.69) is 5.32 Å². The Morgan fingerprint density at radius 3 is 3.05 bits per heavy atom. The van der Waals surface area contributed by atoms with Gasteiger partial charge in [0.25, 0.3) is 0 Å². The Hall–Kier alpha value is -0.580. The van der Waals surface area contributed by atoms with Crippen LogP contribution < -0.4 is 11.1 Å². The van der Waals surface area contributed by atoms with E-state index in [0.717, 1.165) is 24.3 Å². The van der Waals surface area contributed by atoms with Crippen LogP contribution in [0.4, 0.5) is 4.39 Å². The third-order valence-electron chi connectivity index (χ3n) is 4.39. The Balaban J connectivity index is 1.78. The highest BCUT2D eigenvalue weighted by molar-refractivity contribution is 7.99. The van der Waals surface area contributed by atoms with Crippen molar-refractivity contribution < 1.29 is 4.39 Å². The number of nitrogens with one attached hydrogen (secondary N) is 1. The summed E-state index contributed by atoms with van der Waals surface area (Å²) >= 11 is 1.83. The average Bonchev–Trinajstić information content (AvgIpc) is 2.87. The summed E-state index contributed by atoms with van der Waals surface area (Å²) in [5.41, 5.74) is 6.98. The molecule has 1 aliphatic carbocycles. The Morgan fingerprint density at radius 1 is 1.32 bits per heavy atom. The number of rotatable bonds is 3. The van der Waals surface area contributed by atoms with Gasteiger partial charge in [0.15, 0.2) is 0 Å². The molecule has 1 aliphatic heterocycles. The van der Waals surface area contributed by atoms with Crippen molar-refractivity contribution in [1.82, 2.24) is 5.32 Å². The largest absolute Gasteiger partial charge is 0.330 e. The van der Waals surface area contributed by atoms with E-state index >= 15 is 0 Å². The van der Waals surface area contributed by atoms with E-state index in [1.54, 1.807) is 12.1 Å². The monoisotopic (exact) mass is 280 g/mol. The molecule has 104 valence electrons. The normalized spacial score (nSPS) is 30.3. The summed E-state index contributed by atoms with van der Waals surface area (Å²) in [5.74, 6) is 1.57. The molecule has 1 heterocycles. The molecule has 1 aromatic rings. The first-order chi connectivity index (χ1) is 9.28. The fraction of sp³-hybridized carbons (Fsp3) is 0.600. The van der Waals surface area contributed by atoms with Gasteiger partial charge in [0.1, 0.15) is 5.82 Å². The molecule has 4 heteroatoms. The molecule has 3 unspecified atom stereocenters. The van der Waals surface area contributed by atoms with Crippen LogP contribution in [0.25, 0.3) is 0 Å². The Labute approximate surface area is 118 Å². The summed E-state index contributed by atoms with van der Waals surface area (Å²) in [6, 6.07) is 5.98. The zero-order valence-corrected chi connectivity index (χ0v) is 11.9. The molecular weight excluding hydrogens is 259 g/mol. The van der Waals surface area contributed by atoms with Crippen LogP contribution in [0.2, 0.25) is 0 Å². The minimum Gasteiger partial charge on any atom is -0.330 e. The van der Waals surface area contributed by atoms with Crippen molar-refractivity contribution >= 4 is 11.8 Å². The summed E-state index contributed by atoms with van der Waals surface area (Å²) in [5, 5.41) is 3.74. The third kappa shape index (κ3) is 2.81. The summed E-state index contributed by atoms with van der Waals surface area (Å²) in [6.45, 7) is 0.759. The van der Waals surface area contributed by atoms with Gasteiger partial charge in [-0.15, -0.1) is 11.8 Å². The van der Waals surface area contributed by atoms with Gasteiger partial charge in [-0.1, -0.05) is 6.42 Å². The van der Waals surface area contributed by atoms with Gasteiger partial charge in [-0.05, 0) is 61.2 Å². The maximum atomic E-state index is 13.5. The average molecular weight is 280 g/mol. The van der Waals surface area contributed by atoms with Gasteiger partial charge in [-0.25, -0.2) is 4.39 Å². The number of hydrogen-bond acceptors (Lipinski definition) is 3. The lowest BCUT2D eigenvalue weighted by atomic mass is 9.98. The topological polar surface area (TPSA) is 38.0 Å². The third-order valence-corrected chi connectivity index (χ3v) is 5.51. The van der Waals surface area contributed by atoms with E-state index < -0.39 is 0 Å². The van der Waals surface area contributed by atoms with Crippen molar-refractivity contribution in [2.75, 3.05) is 12.3 Å². The van der Waals surface area contributed by atoms with Crippen LogP contribution in [0.1, 0.15) is 37.3 Å². The van der Waals surface area contributed by atoms with Gasteiger partial charge < -0.3 is 11.1 Å². The lowest BCUT2D eigenvalue weighted by molar-refractivity contribution is 0.354. The SMILES string of the molecule is NCC1CCCC1NC1CCSc2ccc(F)cc21. The van der Waals surface area contributed by atoms with E-state index in [0.29, 0.717) is 18.0 Å². The predicted octanol–water partition coefficient (Wildman–Crippen LogP) is 3.08. The minimum atomic E-state index is -0.130. The van der Waals surface area contributed by atoms with Gasteiger partial charge in [0.2, 0.25) is 0 Å². The highest BCUT2D eigenvalue weighted by atomic mass is 32.2. The van der Waals surface area contributed by atoms with Crippen LogP contribution in [0.3, 0.4) is 0 Å². The van der Waals surface area contributed by atoms with Gasteiger partial charge in [0, 0.05) is 17.0 Å². The molecule has 1 saturated carbocycles. The molecule has 0 spiro atoms. The molecule has 1 aromatic carbocycles. The molecule has 1 fully saturated rings. The van der Waals surface area contributed by atoms with E-state index in [1.165, 1.54) is 24.2 Å². The van der Waals surface area contributed by atoms with Crippen LogP contribution in [-0.2, 0) is 0 Å². The second-order valence-corrected chi connectivity index (χ2v) is 6.71. The van der Waals surface area contributed by atoms with Crippen LogP contribution in [0, 0.1) is 11.7 Å². The van der Waals surface area contributed by atoms with Crippen molar-refractivity contribution in [3.05, 3.63) is 29.6 Å². The van der Waals surface area contributed by atoms with Gasteiger partial charge in [-0.2, -0.15) is 0 Å². The molecule has 0 amide bonds. The number of benzene rings is 1. The molecular formula is C15H21FN2S. The first-order valence-corrected chi connectivity index (χ1v) is 8.15. The van der Waals surface area contributed by atoms with Crippen molar-refractivity contribution in [3.8, 4) is 0 Å². The maximum absolute atomic E-state index is 13.5. The van der Waals surface area contributed by atoms with Crippen LogP contribution in [-0.4, -0.2) is 18.3 Å². The molecule has 0 aromatic heterocycles. The smallest absolute Gasteiger partial charge is 0.123 e. The molecule has 2 nitrogen and oxygen atoms in total. The van der Waals surface area contributed by atoms with E-state index in [-0.39, 0.29) is 5.82 Å². The number of fused-ring (bicyclic) bond motifs is 1. The number of hydrogen-bond donors (Lipinski definition) is 2. The number of nitrogens with two attached hydrogens (primary N) is 1. The molecule has 3 N–H and O–H groups in total. The van der Waals surface area contributed by atoms with Crippen LogP contribution >= 0.6 is 11.8 Å². The number of halogens is 1. The molecule has 3 rings (SSSR count). The minimum absolute atomic E-state index is 0.130. The molecule has 0 saturated heterocycles. The summed E-state index contributed by atoms with van der Waals surface area (Å²) in [4.78, 5) is 1.23. The highest BCUT2D eigenvalue weighted by Crippen LogP contribution is 2.38. The van der Waals surface area contributed by atoms with Gasteiger partial charge in [0.05, 0.1) is 0 Å². The predicted molar refractivity (Wildman–Crippen MR) is 77.8 cm³/mol. The number of thioether (sulfide) groups is 1. The van der Waals surface area contributed by atoms with E-state index in [1.807, 2.05) is 17.8 Å². The van der Waals surface area contributed by atoms with Crippen molar-refractivity contribution in [2.24, 2.45) is 11.7 Å². The zero-order valence-electron chi connectivity index (χ0n) is 11.1. The van der Waals surface area contributed by atoms with Crippen molar-refractivity contribution in [2.45, 2.75) is 42.7 Å². The van der Waals surface area contributed by atoms with Gasteiger partial charge >= 0.3 is 0 Å². The van der Waals surface area contributed by atoms with Crippen LogP contribution in [0.15, 0.2) is 23.1 Å². The highest BCUT2D eigenvalue weighted by Gasteiger charge is 2.30. The lowest BCUT2D eigenvalue weighted by Crippen LogP contribution is -2.39. The molecule has 0 bridgehead atoms. The van der Waals surface area contributed by atoms with Gasteiger partial charge in [-0.3, -0.25) is 0 Å². The Kier molecular flexibility index (Phi) is 4.10. The first-order valence-electron chi connectivity index (χ1n) is 7.16. The van der Waals surface area contributed by atoms with Crippen LogP contribution in [0.5, 0.6) is 0 Å². The fourth-order valence-corrected chi connectivity index (χ4v) is 4.44. The maximum Gasteiger partial charge on any atom is 0.123 e. The lowest BCUT2D eigenvalue weighted by Gasteiger charge is -2.31. The molecule has 19 heavy (non-hydrogen) atoms. The molecule has 3 atom stereocenters.